The molecule has 5 nitrogen and oxygen atoms in total. The van der Waals surface area contributed by atoms with Crippen molar-refractivity contribution in [3.63, 3.8) is 0 Å². The van der Waals surface area contributed by atoms with Gasteiger partial charge in [-0.15, -0.1) is 0 Å². The van der Waals surface area contributed by atoms with Gasteiger partial charge >= 0.3 is 5.97 Å². The number of aromatic carboxylic acids is 1. The zero-order valence-corrected chi connectivity index (χ0v) is 8.91. The molecule has 0 spiro atoms. The molecule has 0 aliphatic carbocycles. The van der Waals surface area contributed by atoms with Crippen LogP contribution in [0, 0.1) is 0 Å². The number of hydrogen-bond donors (Lipinski definition) is 2. The minimum atomic E-state index is -1.34. The van der Waals surface area contributed by atoms with Gasteiger partial charge in [0.15, 0.2) is 0 Å². The number of carboxylic acid groups (broad SMARTS) is 1. The lowest BCUT2D eigenvalue weighted by atomic mass is 10.2. The Kier molecular flexibility index (Phi) is 2.28. The molecule has 6 heteroatoms. The quantitative estimate of drug-likeness (QED) is 0.819. The van der Waals surface area contributed by atoms with Crippen LogP contribution in [0.1, 0.15) is 10.5 Å². The number of halogens is 1. The van der Waals surface area contributed by atoms with Gasteiger partial charge in [-0.1, -0.05) is 6.07 Å². The van der Waals surface area contributed by atoms with Gasteiger partial charge in [-0.25, -0.2) is 4.79 Å². The van der Waals surface area contributed by atoms with Gasteiger partial charge in [-0.05, 0) is 28.1 Å². The molecule has 1 aromatic heterocycles. The number of H-pyrrole nitrogens is 1. The summed E-state index contributed by atoms with van der Waals surface area (Å²) in [4.78, 5) is 22.4. The van der Waals surface area contributed by atoms with E-state index in [1.54, 1.807) is 18.2 Å². The number of carboxylic acids is 1. The smallest absolute Gasteiger partial charge is 0.360 e. The minimum Gasteiger partial charge on any atom is -0.476 e. The Labute approximate surface area is 91.9 Å². The predicted octanol–water partition coefficient (Wildman–Crippen LogP) is 1.38. The lowest BCUT2D eigenvalue weighted by Crippen LogP contribution is -2.18. The van der Waals surface area contributed by atoms with Crippen LogP contribution in [-0.2, 0) is 0 Å². The molecule has 0 aliphatic heterocycles. The van der Waals surface area contributed by atoms with Crippen molar-refractivity contribution in [1.82, 2.24) is 10.2 Å². The van der Waals surface area contributed by atoms with Crippen LogP contribution in [0.2, 0.25) is 0 Å². The van der Waals surface area contributed by atoms with E-state index in [4.69, 9.17) is 5.11 Å². The van der Waals surface area contributed by atoms with Crippen molar-refractivity contribution in [2.75, 3.05) is 0 Å². The Hall–Kier alpha value is -1.69. The molecule has 0 unspecified atom stereocenters. The molecular formula is C9H5BrN2O3. The van der Waals surface area contributed by atoms with Gasteiger partial charge in [0.2, 0.25) is 11.1 Å². The topological polar surface area (TPSA) is 83.0 Å². The van der Waals surface area contributed by atoms with E-state index in [1.807, 2.05) is 0 Å². The number of aromatic amines is 1. The first kappa shape index (κ1) is 9.85. The molecular weight excluding hydrogens is 264 g/mol. The van der Waals surface area contributed by atoms with E-state index in [0.717, 1.165) is 0 Å². The molecule has 0 saturated heterocycles. The molecule has 15 heavy (non-hydrogen) atoms. The summed E-state index contributed by atoms with van der Waals surface area (Å²) in [6, 6.07) is 5.05. The summed E-state index contributed by atoms with van der Waals surface area (Å²) in [6.07, 6.45) is 0. The summed E-state index contributed by atoms with van der Waals surface area (Å²) in [5, 5.41) is 15.0. The summed E-state index contributed by atoms with van der Waals surface area (Å²) in [7, 11) is 0. The highest BCUT2D eigenvalue weighted by Gasteiger charge is 2.14. The molecule has 0 bridgehead atoms. The Bertz CT molecular complexity index is 606. The number of nitrogens with zero attached hydrogens (tertiary/aromatic N) is 1. The van der Waals surface area contributed by atoms with E-state index >= 15 is 0 Å². The predicted molar refractivity (Wildman–Crippen MR) is 57.0 cm³/mol. The van der Waals surface area contributed by atoms with Crippen molar-refractivity contribution in [2.24, 2.45) is 0 Å². The van der Waals surface area contributed by atoms with Crippen molar-refractivity contribution in [1.29, 1.82) is 0 Å². The fourth-order valence-corrected chi connectivity index (χ4v) is 1.82. The van der Waals surface area contributed by atoms with Crippen LogP contribution < -0.4 is 5.43 Å². The highest BCUT2D eigenvalue weighted by atomic mass is 79.9. The third-order valence-electron chi connectivity index (χ3n) is 1.95. The molecule has 0 fully saturated rings. The van der Waals surface area contributed by atoms with E-state index in [2.05, 4.69) is 26.1 Å². The number of nitrogens with one attached hydrogen (secondary N) is 1. The normalized spacial score (nSPS) is 10.5. The Balaban J connectivity index is 2.96. The molecule has 1 heterocycles. The molecule has 2 aromatic rings. The number of benzene rings is 1. The second kappa shape index (κ2) is 3.47. The van der Waals surface area contributed by atoms with Crippen molar-refractivity contribution >= 4 is 32.8 Å². The molecule has 0 radical (unpaired) electrons. The standard InChI is InChI=1S/C9H5BrN2O3/c10-4-2-1-3-5-6(4)8(13)7(9(14)15)12-11-5/h1-3H,(H,11,13)(H,14,15). The maximum Gasteiger partial charge on any atom is 0.360 e. The number of carbonyl (C=O) groups is 1. The summed E-state index contributed by atoms with van der Waals surface area (Å²) in [6.45, 7) is 0. The number of fused-ring (bicyclic) bond motifs is 1. The Morgan fingerprint density at radius 3 is 2.87 bits per heavy atom. The molecule has 0 atom stereocenters. The summed E-state index contributed by atoms with van der Waals surface area (Å²) < 4.78 is 0.547. The van der Waals surface area contributed by atoms with Gasteiger partial charge in [0, 0.05) is 4.47 Å². The number of hydrogen-bond acceptors (Lipinski definition) is 3. The van der Waals surface area contributed by atoms with Gasteiger partial charge in [0.25, 0.3) is 0 Å². The molecule has 0 amide bonds. The summed E-state index contributed by atoms with van der Waals surface area (Å²) in [5.41, 5.74) is -0.600. The number of aromatic nitrogens is 2. The fraction of sp³-hybridized carbons (Fsp3) is 0. The van der Waals surface area contributed by atoms with Crippen molar-refractivity contribution in [3.8, 4) is 0 Å². The van der Waals surface area contributed by atoms with E-state index < -0.39 is 17.1 Å². The minimum absolute atomic E-state index is 0.296. The number of rotatable bonds is 1. The van der Waals surface area contributed by atoms with E-state index in [1.165, 1.54) is 0 Å². The first-order valence-electron chi connectivity index (χ1n) is 4.01. The summed E-state index contributed by atoms with van der Waals surface area (Å²) in [5.74, 6) is -1.34. The van der Waals surface area contributed by atoms with Crippen LogP contribution in [0.15, 0.2) is 27.5 Å². The molecule has 2 N–H and O–H groups in total. The summed E-state index contributed by atoms with van der Waals surface area (Å²) >= 11 is 3.19. The Morgan fingerprint density at radius 1 is 1.47 bits per heavy atom. The first-order chi connectivity index (χ1) is 7.11. The van der Waals surface area contributed by atoms with Crippen LogP contribution in [0.4, 0.5) is 0 Å². The van der Waals surface area contributed by atoms with E-state index in [-0.39, 0.29) is 0 Å². The highest BCUT2D eigenvalue weighted by Crippen LogP contribution is 2.18. The van der Waals surface area contributed by atoms with Crippen molar-refractivity contribution in [2.45, 2.75) is 0 Å². The van der Waals surface area contributed by atoms with Gasteiger partial charge in [-0.2, -0.15) is 5.10 Å². The van der Waals surface area contributed by atoms with Crippen LogP contribution in [0.3, 0.4) is 0 Å². The largest absolute Gasteiger partial charge is 0.476 e. The van der Waals surface area contributed by atoms with Crippen LogP contribution in [0.25, 0.3) is 10.9 Å². The zero-order chi connectivity index (χ0) is 11.0. The third kappa shape index (κ3) is 1.52. The maximum atomic E-state index is 11.7. The third-order valence-corrected chi connectivity index (χ3v) is 2.61. The molecule has 0 aliphatic rings. The lowest BCUT2D eigenvalue weighted by Gasteiger charge is -2.00. The molecule has 0 saturated carbocycles. The van der Waals surface area contributed by atoms with E-state index in [9.17, 15) is 9.59 Å². The van der Waals surface area contributed by atoms with Crippen molar-refractivity contribution < 1.29 is 9.90 Å². The van der Waals surface area contributed by atoms with Gasteiger partial charge in [0.1, 0.15) is 0 Å². The average molecular weight is 269 g/mol. The van der Waals surface area contributed by atoms with Gasteiger partial charge in [0.05, 0.1) is 10.9 Å². The van der Waals surface area contributed by atoms with Gasteiger partial charge in [-0.3, -0.25) is 9.89 Å². The van der Waals surface area contributed by atoms with Crippen molar-refractivity contribution in [3.05, 3.63) is 38.6 Å². The monoisotopic (exact) mass is 268 g/mol. The Morgan fingerprint density at radius 2 is 2.20 bits per heavy atom. The highest BCUT2D eigenvalue weighted by molar-refractivity contribution is 9.10. The maximum absolute atomic E-state index is 11.7. The fourth-order valence-electron chi connectivity index (χ4n) is 1.28. The van der Waals surface area contributed by atoms with E-state index in [0.29, 0.717) is 15.4 Å². The van der Waals surface area contributed by atoms with Crippen LogP contribution >= 0.6 is 15.9 Å². The average Bonchev–Trinajstić information content (AvgIpc) is 2.17. The molecule has 76 valence electrons. The zero-order valence-electron chi connectivity index (χ0n) is 7.32. The van der Waals surface area contributed by atoms with Crippen LogP contribution in [-0.4, -0.2) is 21.3 Å². The second-order valence-corrected chi connectivity index (χ2v) is 3.72. The molecule has 1 aromatic carbocycles. The van der Waals surface area contributed by atoms with Crippen LogP contribution in [0.5, 0.6) is 0 Å². The second-order valence-electron chi connectivity index (χ2n) is 2.87. The first-order valence-corrected chi connectivity index (χ1v) is 4.81. The lowest BCUT2D eigenvalue weighted by molar-refractivity contribution is 0.0688. The van der Waals surface area contributed by atoms with Gasteiger partial charge < -0.3 is 5.11 Å². The molecule has 2 rings (SSSR count). The SMILES string of the molecule is O=C(O)c1n[nH]c2cccc(Br)c2c1=O.